The second-order valence-corrected chi connectivity index (χ2v) is 7.02. The molecular formula is C14H23NO2. The Kier molecular flexibility index (Phi) is 2.35. The van der Waals surface area contributed by atoms with Crippen LogP contribution >= 0.6 is 0 Å². The van der Waals surface area contributed by atoms with E-state index in [1.165, 1.54) is 19.3 Å². The van der Waals surface area contributed by atoms with Gasteiger partial charge in [-0.2, -0.15) is 0 Å². The number of amides is 1. The standard InChI is InChI=1S/C14H23NO2/c1-14(2,17)7-15(3)13(16)12-10-8-4-5-9(6-8)11(10)12/h8-12,17H,4-7H2,1-3H3. The maximum absolute atomic E-state index is 12.3. The lowest BCUT2D eigenvalue weighted by Crippen LogP contribution is -2.41. The number of nitrogens with zero attached hydrogens (tertiary/aromatic N) is 1. The normalized spacial score (nSPS) is 42.5. The molecule has 0 aliphatic heterocycles. The van der Waals surface area contributed by atoms with Crippen molar-refractivity contribution in [2.75, 3.05) is 13.6 Å². The van der Waals surface area contributed by atoms with Crippen molar-refractivity contribution in [2.45, 2.75) is 38.7 Å². The van der Waals surface area contributed by atoms with Gasteiger partial charge in [0, 0.05) is 19.5 Å². The summed E-state index contributed by atoms with van der Waals surface area (Å²) in [4.78, 5) is 14.1. The first-order valence-electron chi connectivity index (χ1n) is 6.86. The minimum atomic E-state index is -0.784. The van der Waals surface area contributed by atoms with Crippen LogP contribution in [0, 0.1) is 29.6 Å². The van der Waals surface area contributed by atoms with Crippen molar-refractivity contribution < 1.29 is 9.90 Å². The van der Waals surface area contributed by atoms with Crippen molar-refractivity contribution >= 4 is 5.91 Å². The van der Waals surface area contributed by atoms with Gasteiger partial charge in [-0.15, -0.1) is 0 Å². The van der Waals surface area contributed by atoms with Crippen molar-refractivity contribution in [1.29, 1.82) is 0 Å². The van der Waals surface area contributed by atoms with E-state index in [1.807, 2.05) is 7.05 Å². The molecule has 17 heavy (non-hydrogen) atoms. The van der Waals surface area contributed by atoms with Gasteiger partial charge < -0.3 is 10.0 Å². The monoisotopic (exact) mass is 237 g/mol. The number of aliphatic hydroxyl groups is 1. The number of likely N-dealkylation sites (N-methyl/N-ethyl adjacent to an activating group) is 1. The zero-order valence-corrected chi connectivity index (χ0v) is 11.0. The Balaban J connectivity index is 1.62. The summed E-state index contributed by atoms with van der Waals surface area (Å²) < 4.78 is 0. The zero-order valence-electron chi connectivity index (χ0n) is 11.0. The Bertz CT molecular complexity index is 331. The van der Waals surface area contributed by atoms with Crippen molar-refractivity contribution in [1.82, 2.24) is 4.90 Å². The van der Waals surface area contributed by atoms with Crippen LogP contribution < -0.4 is 0 Å². The van der Waals surface area contributed by atoms with E-state index in [2.05, 4.69) is 0 Å². The van der Waals surface area contributed by atoms with Gasteiger partial charge in [-0.05, 0) is 56.8 Å². The fourth-order valence-electron chi connectivity index (χ4n) is 4.57. The Morgan fingerprint density at radius 1 is 1.29 bits per heavy atom. The SMILES string of the molecule is CN(CC(C)(C)O)C(=O)C1C2C3CCC(C3)C12. The summed E-state index contributed by atoms with van der Waals surface area (Å²) in [5, 5.41) is 9.76. The number of rotatable bonds is 3. The average molecular weight is 237 g/mol. The number of carbonyl (C=O) groups excluding carboxylic acids is 1. The lowest BCUT2D eigenvalue weighted by molar-refractivity contribution is -0.135. The van der Waals surface area contributed by atoms with Crippen LogP contribution in [0.15, 0.2) is 0 Å². The van der Waals surface area contributed by atoms with Crippen molar-refractivity contribution in [3.8, 4) is 0 Å². The molecule has 2 bridgehead atoms. The first-order chi connectivity index (χ1) is 7.88. The van der Waals surface area contributed by atoms with Crippen molar-refractivity contribution in [3.05, 3.63) is 0 Å². The van der Waals surface area contributed by atoms with E-state index >= 15 is 0 Å². The van der Waals surface area contributed by atoms with Crippen LogP contribution in [0.4, 0.5) is 0 Å². The van der Waals surface area contributed by atoms with Crippen LogP contribution in [0.25, 0.3) is 0 Å². The third-order valence-corrected chi connectivity index (χ3v) is 5.02. The predicted octanol–water partition coefficient (Wildman–Crippen LogP) is 1.51. The van der Waals surface area contributed by atoms with Crippen LogP contribution in [0.1, 0.15) is 33.1 Å². The van der Waals surface area contributed by atoms with E-state index in [0.717, 1.165) is 11.8 Å². The van der Waals surface area contributed by atoms with E-state index in [0.29, 0.717) is 24.3 Å². The molecule has 3 heteroatoms. The molecule has 0 radical (unpaired) electrons. The summed E-state index contributed by atoms with van der Waals surface area (Å²) in [6.07, 6.45) is 4.09. The van der Waals surface area contributed by atoms with Gasteiger partial charge >= 0.3 is 0 Å². The van der Waals surface area contributed by atoms with Gasteiger partial charge in [0.05, 0.1) is 5.60 Å². The maximum atomic E-state index is 12.3. The highest BCUT2D eigenvalue weighted by molar-refractivity contribution is 5.82. The Hall–Kier alpha value is -0.570. The third kappa shape index (κ3) is 1.79. The molecule has 96 valence electrons. The van der Waals surface area contributed by atoms with Gasteiger partial charge in [0.25, 0.3) is 0 Å². The van der Waals surface area contributed by atoms with Gasteiger partial charge in [0.2, 0.25) is 5.91 Å². The molecule has 3 aliphatic rings. The highest BCUT2D eigenvalue weighted by atomic mass is 16.3. The summed E-state index contributed by atoms with van der Waals surface area (Å²) in [6, 6.07) is 0. The molecular weight excluding hydrogens is 214 g/mol. The largest absolute Gasteiger partial charge is 0.389 e. The molecule has 0 saturated heterocycles. The quantitative estimate of drug-likeness (QED) is 0.808. The Morgan fingerprint density at radius 3 is 2.29 bits per heavy atom. The van der Waals surface area contributed by atoms with Crippen LogP contribution in [0.5, 0.6) is 0 Å². The molecule has 4 atom stereocenters. The fraction of sp³-hybridized carbons (Fsp3) is 0.929. The molecule has 3 aliphatic carbocycles. The molecule has 0 heterocycles. The molecule has 3 rings (SSSR count). The minimum Gasteiger partial charge on any atom is -0.389 e. The number of carbonyl (C=O) groups is 1. The second-order valence-electron chi connectivity index (χ2n) is 7.02. The van der Waals surface area contributed by atoms with Crippen LogP contribution in [-0.2, 0) is 4.79 Å². The number of fused-ring (bicyclic) bond motifs is 5. The van der Waals surface area contributed by atoms with E-state index < -0.39 is 5.60 Å². The van der Waals surface area contributed by atoms with E-state index in [-0.39, 0.29) is 5.91 Å². The first kappa shape index (κ1) is 11.5. The van der Waals surface area contributed by atoms with Crippen LogP contribution in [0.2, 0.25) is 0 Å². The molecule has 1 N–H and O–H groups in total. The molecule has 0 aromatic rings. The summed E-state index contributed by atoms with van der Waals surface area (Å²) in [7, 11) is 1.83. The number of hydrogen-bond acceptors (Lipinski definition) is 2. The zero-order chi connectivity index (χ0) is 12.4. The molecule has 0 spiro atoms. The van der Waals surface area contributed by atoms with Crippen LogP contribution in [0.3, 0.4) is 0 Å². The smallest absolute Gasteiger partial charge is 0.226 e. The molecule has 3 saturated carbocycles. The second kappa shape index (κ2) is 3.47. The summed E-state index contributed by atoms with van der Waals surface area (Å²) in [5.41, 5.74) is -0.784. The van der Waals surface area contributed by atoms with E-state index in [4.69, 9.17) is 0 Å². The fourth-order valence-corrected chi connectivity index (χ4v) is 4.57. The van der Waals surface area contributed by atoms with Gasteiger partial charge in [-0.1, -0.05) is 0 Å². The van der Waals surface area contributed by atoms with Gasteiger partial charge in [0.1, 0.15) is 0 Å². The van der Waals surface area contributed by atoms with Gasteiger partial charge in [-0.3, -0.25) is 4.79 Å². The Morgan fingerprint density at radius 2 is 1.82 bits per heavy atom. The molecule has 0 aromatic carbocycles. The first-order valence-corrected chi connectivity index (χ1v) is 6.86. The van der Waals surface area contributed by atoms with Gasteiger partial charge in [-0.25, -0.2) is 0 Å². The van der Waals surface area contributed by atoms with E-state index in [1.54, 1.807) is 18.7 Å². The lowest BCUT2D eigenvalue weighted by atomic mass is 10.0. The molecule has 3 nitrogen and oxygen atoms in total. The summed E-state index contributed by atoms with van der Waals surface area (Å²) in [6.45, 7) is 3.96. The topological polar surface area (TPSA) is 40.5 Å². The molecule has 3 fully saturated rings. The maximum Gasteiger partial charge on any atom is 0.226 e. The third-order valence-electron chi connectivity index (χ3n) is 5.02. The number of hydrogen-bond donors (Lipinski definition) is 1. The molecule has 4 unspecified atom stereocenters. The summed E-state index contributed by atoms with van der Waals surface area (Å²) >= 11 is 0. The summed E-state index contributed by atoms with van der Waals surface area (Å²) in [5.74, 6) is 3.66. The van der Waals surface area contributed by atoms with Crippen LogP contribution in [-0.4, -0.2) is 35.1 Å². The van der Waals surface area contributed by atoms with Crippen molar-refractivity contribution in [2.24, 2.45) is 29.6 Å². The Labute approximate surface area is 103 Å². The van der Waals surface area contributed by atoms with Crippen molar-refractivity contribution in [3.63, 3.8) is 0 Å². The molecule has 1 amide bonds. The predicted molar refractivity (Wildman–Crippen MR) is 65.2 cm³/mol. The highest BCUT2D eigenvalue weighted by Gasteiger charge is 2.67. The van der Waals surface area contributed by atoms with Gasteiger partial charge in [0.15, 0.2) is 0 Å². The minimum absolute atomic E-state index is 0.277. The lowest BCUT2D eigenvalue weighted by Gasteiger charge is -2.26. The highest BCUT2D eigenvalue weighted by Crippen LogP contribution is 2.69. The van der Waals surface area contributed by atoms with E-state index in [9.17, 15) is 9.90 Å². The molecule has 0 aromatic heterocycles. The average Bonchev–Trinajstić information content (AvgIpc) is 2.62.